The molecule has 2 saturated heterocycles. The lowest BCUT2D eigenvalue weighted by atomic mass is 9.95. The number of carbonyl (C=O) groups excluding carboxylic acids is 2. The number of aromatic nitrogens is 2. The molecule has 3 rings (SSSR count). The molecule has 1 atom stereocenters. The second-order valence-electron chi connectivity index (χ2n) is 6.71. The number of piperidine rings is 2. The van der Waals surface area contributed by atoms with Crippen molar-refractivity contribution in [2.45, 2.75) is 31.8 Å². The highest BCUT2D eigenvalue weighted by molar-refractivity contribution is 5.79. The first kappa shape index (κ1) is 17.6. The van der Waals surface area contributed by atoms with E-state index in [1.807, 2.05) is 9.80 Å². The van der Waals surface area contributed by atoms with Crippen molar-refractivity contribution >= 4 is 11.8 Å². The van der Waals surface area contributed by atoms with Crippen LogP contribution >= 0.6 is 0 Å². The molecule has 8 heteroatoms. The first-order valence-electron chi connectivity index (χ1n) is 8.85. The van der Waals surface area contributed by atoms with E-state index in [-0.39, 0.29) is 30.4 Å². The number of hydrogen-bond donors (Lipinski definition) is 1. The zero-order chi connectivity index (χ0) is 17.6. The Labute approximate surface area is 147 Å². The minimum absolute atomic E-state index is 0.0389. The molecule has 0 radical (unpaired) electrons. The first-order valence-corrected chi connectivity index (χ1v) is 8.85. The van der Waals surface area contributed by atoms with Crippen LogP contribution in [0.5, 0.6) is 6.01 Å². The van der Waals surface area contributed by atoms with Crippen molar-refractivity contribution in [3.8, 4) is 6.01 Å². The Kier molecular flexibility index (Phi) is 5.80. The summed E-state index contributed by atoms with van der Waals surface area (Å²) >= 11 is 0. The van der Waals surface area contributed by atoms with Gasteiger partial charge in [0.2, 0.25) is 11.8 Å². The Bertz CT molecular complexity index is 589. The van der Waals surface area contributed by atoms with Gasteiger partial charge in [0.05, 0.1) is 12.5 Å². The van der Waals surface area contributed by atoms with Crippen molar-refractivity contribution in [3.05, 3.63) is 18.5 Å². The van der Waals surface area contributed by atoms with Gasteiger partial charge in [0.25, 0.3) is 0 Å². The number of carbonyl (C=O) groups is 2. The lowest BCUT2D eigenvalue weighted by Crippen LogP contribution is -2.49. The van der Waals surface area contributed by atoms with E-state index in [0.717, 1.165) is 32.2 Å². The molecule has 1 aromatic rings. The van der Waals surface area contributed by atoms with E-state index in [4.69, 9.17) is 10.5 Å². The number of likely N-dealkylation sites (tertiary alicyclic amines) is 2. The summed E-state index contributed by atoms with van der Waals surface area (Å²) in [6.45, 7) is 3.05. The quantitative estimate of drug-likeness (QED) is 0.807. The fourth-order valence-electron chi connectivity index (χ4n) is 3.57. The molecule has 25 heavy (non-hydrogen) atoms. The third kappa shape index (κ3) is 4.88. The number of rotatable bonds is 5. The topological polar surface area (TPSA) is 102 Å². The van der Waals surface area contributed by atoms with E-state index in [2.05, 4.69) is 9.97 Å². The standard InChI is InChI=1S/C17H25N5O3/c18-15(23)12-21-8-1-3-13(11-21)16(24)22-9-4-14(5-10-22)25-17-19-6-2-7-20-17/h2,6-7,13-14H,1,3-5,8-12H2,(H2,18,23). The van der Waals surface area contributed by atoms with Gasteiger partial charge in [-0.1, -0.05) is 0 Å². The summed E-state index contributed by atoms with van der Waals surface area (Å²) in [4.78, 5) is 35.9. The van der Waals surface area contributed by atoms with Crippen molar-refractivity contribution in [1.82, 2.24) is 19.8 Å². The lowest BCUT2D eigenvalue weighted by Gasteiger charge is -2.37. The summed E-state index contributed by atoms with van der Waals surface area (Å²) in [7, 11) is 0. The van der Waals surface area contributed by atoms with Gasteiger partial charge in [-0.15, -0.1) is 0 Å². The highest BCUT2D eigenvalue weighted by Gasteiger charge is 2.32. The van der Waals surface area contributed by atoms with Crippen LogP contribution in [0.2, 0.25) is 0 Å². The highest BCUT2D eigenvalue weighted by Crippen LogP contribution is 2.22. The molecule has 0 spiro atoms. The second kappa shape index (κ2) is 8.24. The zero-order valence-electron chi connectivity index (χ0n) is 14.3. The van der Waals surface area contributed by atoms with Crippen LogP contribution in [0.1, 0.15) is 25.7 Å². The van der Waals surface area contributed by atoms with E-state index < -0.39 is 0 Å². The van der Waals surface area contributed by atoms with Crippen molar-refractivity contribution in [2.24, 2.45) is 11.7 Å². The molecule has 3 heterocycles. The van der Waals surface area contributed by atoms with Gasteiger partial charge in [0.15, 0.2) is 0 Å². The van der Waals surface area contributed by atoms with Gasteiger partial charge < -0.3 is 15.4 Å². The zero-order valence-corrected chi connectivity index (χ0v) is 14.3. The van der Waals surface area contributed by atoms with Crippen LogP contribution in [-0.2, 0) is 9.59 Å². The van der Waals surface area contributed by atoms with Gasteiger partial charge >= 0.3 is 6.01 Å². The van der Waals surface area contributed by atoms with Gasteiger partial charge in [0, 0.05) is 44.9 Å². The van der Waals surface area contributed by atoms with Crippen LogP contribution in [0.25, 0.3) is 0 Å². The smallest absolute Gasteiger partial charge is 0.316 e. The third-order valence-corrected chi connectivity index (χ3v) is 4.80. The van der Waals surface area contributed by atoms with Crippen LogP contribution in [0.3, 0.4) is 0 Å². The summed E-state index contributed by atoms with van der Waals surface area (Å²) in [5.41, 5.74) is 5.27. The second-order valence-corrected chi connectivity index (χ2v) is 6.71. The maximum absolute atomic E-state index is 12.8. The minimum atomic E-state index is -0.339. The largest absolute Gasteiger partial charge is 0.460 e. The summed E-state index contributed by atoms with van der Waals surface area (Å²) < 4.78 is 5.77. The van der Waals surface area contributed by atoms with Crippen molar-refractivity contribution in [1.29, 1.82) is 0 Å². The fraction of sp³-hybridized carbons (Fsp3) is 0.647. The van der Waals surface area contributed by atoms with Crippen LogP contribution in [0.15, 0.2) is 18.5 Å². The predicted molar refractivity (Wildman–Crippen MR) is 90.6 cm³/mol. The van der Waals surface area contributed by atoms with E-state index in [1.165, 1.54) is 0 Å². The maximum Gasteiger partial charge on any atom is 0.316 e. The Balaban J connectivity index is 1.47. The Morgan fingerprint density at radius 2 is 1.88 bits per heavy atom. The highest BCUT2D eigenvalue weighted by atomic mass is 16.5. The SMILES string of the molecule is NC(=O)CN1CCCC(C(=O)N2CCC(Oc3ncccn3)CC2)C1. The normalized spacial score (nSPS) is 22.6. The molecule has 2 fully saturated rings. The molecule has 2 aliphatic heterocycles. The van der Waals surface area contributed by atoms with Crippen LogP contribution in [0.4, 0.5) is 0 Å². The van der Waals surface area contributed by atoms with Crippen molar-refractivity contribution in [2.75, 3.05) is 32.7 Å². The molecular formula is C17H25N5O3. The molecule has 0 saturated carbocycles. The average Bonchev–Trinajstić information content (AvgIpc) is 2.62. The Hall–Kier alpha value is -2.22. The Morgan fingerprint density at radius 3 is 2.56 bits per heavy atom. The van der Waals surface area contributed by atoms with Crippen molar-refractivity contribution in [3.63, 3.8) is 0 Å². The summed E-state index contributed by atoms with van der Waals surface area (Å²) in [5, 5.41) is 0. The van der Waals surface area contributed by atoms with Gasteiger partial charge in [-0.05, 0) is 25.5 Å². The summed E-state index contributed by atoms with van der Waals surface area (Å²) in [6, 6.07) is 2.14. The van der Waals surface area contributed by atoms with Gasteiger partial charge in [-0.3, -0.25) is 14.5 Å². The van der Waals surface area contributed by atoms with Gasteiger partial charge in [0.1, 0.15) is 6.10 Å². The lowest BCUT2D eigenvalue weighted by molar-refractivity contribution is -0.139. The van der Waals surface area contributed by atoms with Crippen LogP contribution in [-0.4, -0.2) is 70.4 Å². The van der Waals surface area contributed by atoms with Crippen molar-refractivity contribution < 1.29 is 14.3 Å². The van der Waals surface area contributed by atoms with Gasteiger partial charge in [-0.2, -0.15) is 0 Å². The number of ether oxygens (including phenoxy) is 1. The number of amides is 2. The molecule has 2 amide bonds. The molecular weight excluding hydrogens is 322 g/mol. The number of hydrogen-bond acceptors (Lipinski definition) is 6. The Morgan fingerprint density at radius 1 is 1.16 bits per heavy atom. The van der Waals surface area contributed by atoms with Crippen LogP contribution < -0.4 is 10.5 Å². The predicted octanol–water partition coefficient (Wildman–Crippen LogP) is 0.0437. The first-order chi connectivity index (χ1) is 12.1. The third-order valence-electron chi connectivity index (χ3n) is 4.80. The van der Waals surface area contributed by atoms with E-state index in [9.17, 15) is 9.59 Å². The monoisotopic (exact) mass is 347 g/mol. The maximum atomic E-state index is 12.8. The van der Waals surface area contributed by atoms with E-state index >= 15 is 0 Å². The van der Waals surface area contributed by atoms with E-state index in [0.29, 0.717) is 25.6 Å². The molecule has 1 aromatic heterocycles. The summed E-state index contributed by atoms with van der Waals surface area (Å²) in [6.07, 6.45) is 6.72. The molecule has 0 aromatic carbocycles. The molecule has 8 nitrogen and oxygen atoms in total. The molecule has 2 aliphatic rings. The molecule has 0 bridgehead atoms. The molecule has 1 unspecified atom stereocenters. The molecule has 2 N–H and O–H groups in total. The summed E-state index contributed by atoms with van der Waals surface area (Å²) in [5.74, 6) is -0.194. The number of nitrogens with zero attached hydrogens (tertiary/aromatic N) is 4. The van der Waals surface area contributed by atoms with Crippen LogP contribution in [0, 0.1) is 5.92 Å². The van der Waals surface area contributed by atoms with E-state index in [1.54, 1.807) is 18.5 Å². The van der Waals surface area contributed by atoms with Gasteiger partial charge in [-0.25, -0.2) is 9.97 Å². The molecule has 0 aliphatic carbocycles. The number of nitrogens with two attached hydrogens (primary N) is 1. The fourth-order valence-corrected chi connectivity index (χ4v) is 3.57. The molecule has 136 valence electrons. The minimum Gasteiger partial charge on any atom is -0.460 e. The number of primary amides is 1. The average molecular weight is 347 g/mol.